The Morgan fingerprint density at radius 2 is 2.06 bits per heavy atom. The smallest absolute Gasteiger partial charge is 0.297 e. The highest BCUT2D eigenvalue weighted by molar-refractivity contribution is 7.86. The third kappa shape index (κ3) is 3.99. The van der Waals surface area contributed by atoms with Crippen molar-refractivity contribution in [2.24, 2.45) is 0 Å². The molecule has 0 fully saturated rings. The fraction of sp³-hybridized carbons (Fsp3) is 0.455. The lowest BCUT2D eigenvalue weighted by atomic mass is 10.2. The van der Waals surface area contributed by atoms with Gasteiger partial charge in [-0.3, -0.25) is 4.18 Å². The number of benzene rings is 1. The number of rotatable bonds is 5. The van der Waals surface area contributed by atoms with Crippen molar-refractivity contribution in [3.05, 3.63) is 23.8 Å². The van der Waals surface area contributed by atoms with Crippen molar-refractivity contribution in [3.8, 4) is 5.75 Å². The Kier molecular flexibility index (Phi) is 4.50. The van der Waals surface area contributed by atoms with Gasteiger partial charge in [0.2, 0.25) is 0 Å². The Morgan fingerprint density at radius 1 is 1.41 bits per heavy atom. The average Bonchev–Trinajstić information content (AvgIpc) is 2.20. The summed E-state index contributed by atoms with van der Waals surface area (Å²) in [5.41, 5.74) is 0.500. The maximum Gasteiger partial charge on any atom is 0.297 e. The molecule has 2 N–H and O–H groups in total. The van der Waals surface area contributed by atoms with Gasteiger partial charge in [-0.2, -0.15) is 8.42 Å². The van der Waals surface area contributed by atoms with Crippen LogP contribution in [0, 0.1) is 6.92 Å². The van der Waals surface area contributed by atoms with Crippen LogP contribution in [0.25, 0.3) is 0 Å². The van der Waals surface area contributed by atoms with Crippen LogP contribution in [0.4, 0.5) is 0 Å². The van der Waals surface area contributed by atoms with Crippen molar-refractivity contribution in [2.45, 2.75) is 31.3 Å². The molecule has 1 unspecified atom stereocenters. The molecule has 0 aliphatic carbocycles. The first-order valence-corrected chi connectivity index (χ1v) is 6.61. The molecule has 6 heteroatoms. The van der Waals surface area contributed by atoms with E-state index in [4.69, 9.17) is 9.29 Å². The monoisotopic (exact) mass is 260 g/mol. The van der Waals surface area contributed by atoms with Crippen LogP contribution >= 0.6 is 0 Å². The van der Waals surface area contributed by atoms with Gasteiger partial charge in [-0.1, -0.05) is 6.07 Å². The highest BCUT2D eigenvalue weighted by atomic mass is 32.2. The fourth-order valence-electron chi connectivity index (χ4n) is 1.25. The van der Waals surface area contributed by atoms with Gasteiger partial charge in [0.15, 0.2) is 0 Å². The molecule has 0 radical (unpaired) electrons. The van der Waals surface area contributed by atoms with Gasteiger partial charge in [-0.05, 0) is 31.9 Å². The molecule has 0 aliphatic rings. The Balaban J connectivity index is 2.86. The van der Waals surface area contributed by atoms with E-state index in [9.17, 15) is 13.5 Å². The van der Waals surface area contributed by atoms with Gasteiger partial charge >= 0.3 is 0 Å². The van der Waals surface area contributed by atoms with Crippen molar-refractivity contribution in [3.63, 3.8) is 0 Å². The number of aryl methyl sites for hydroxylation is 1. The number of aromatic hydroxyl groups is 1. The van der Waals surface area contributed by atoms with Crippen molar-refractivity contribution in [2.75, 3.05) is 6.61 Å². The summed E-state index contributed by atoms with van der Waals surface area (Å²) < 4.78 is 28.3. The van der Waals surface area contributed by atoms with E-state index in [2.05, 4.69) is 0 Å². The standard InChI is InChI=1S/C11H16O5S/c1-8-3-4-10(13)7-11(8)17(14,15)16-6-5-9(2)12/h3-4,7,9,12-13H,5-6H2,1-2H3. The van der Waals surface area contributed by atoms with Crippen LogP contribution in [0.5, 0.6) is 5.75 Å². The molecule has 96 valence electrons. The van der Waals surface area contributed by atoms with Gasteiger partial charge in [-0.15, -0.1) is 0 Å². The molecule has 0 saturated heterocycles. The van der Waals surface area contributed by atoms with Gasteiger partial charge in [0.05, 0.1) is 12.7 Å². The molecule has 1 atom stereocenters. The second-order valence-corrected chi connectivity index (χ2v) is 5.45. The minimum Gasteiger partial charge on any atom is -0.508 e. The van der Waals surface area contributed by atoms with Crippen molar-refractivity contribution in [1.29, 1.82) is 0 Å². The number of hydrogen-bond acceptors (Lipinski definition) is 5. The molecule has 0 aliphatic heterocycles. The van der Waals surface area contributed by atoms with Gasteiger partial charge in [0, 0.05) is 6.07 Å². The Labute approximate surface area is 101 Å². The van der Waals surface area contributed by atoms with Crippen LogP contribution in [0.3, 0.4) is 0 Å². The van der Waals surface area contributed by atoms with Gasteiger partial charge < -0.3 is 10.2 Å². The Hall–Kier alpha value is -1.11. The van der Waals surface area contributed by atoms with Gasteiger partial charge in [0.25, 0.3) is 10.1 Å². The van der Waals surface area contributed by atoms with E-state index in [1.165, 1.54) is 12.1 Å². The summed E-state index contributed by atoms with van der Waals surface area (Å²) in [5, 5.41) is 18.3. The molecule has 17 heavy (non-hydrogen) atoms. The van der Waals surface area contributed by atoms with Gasteiger partial charge in [-0.25, -0.2) is 0 Å². The van der Waals surface area contributed by atoms with Crippen LogP contribution in [0.1, 0.15) is 18.9 Å². The Bertz CT molecular complexity index is 479. The molecule has 0 saturated carbocycles. The molecule has 5 nitrogen and oxygen atoms in total. The maximum absolute atomic E-state index is 11.8. The van der Waals surface area contributed by atoms with Gasteiger partial charge in [0.1, 0.15) is 10.6 Å². The predicted octanol–water partition coefficient (Wildman–Crippen LogP) is 1.18. The lowest BCUT2D eigenvalue weighted by Gasteiger charge is -2.09. The minimum absolute atomic E-state index is 0.0527. The zero-order valence-corrected chi connectivity index (χ0v) is 10.6. The van der Waals surface area contributed by atoms with E-state index in [1.54, 1.807) is 13.8 Å². The molecule has 0 spiro atoms. The van der Waals surface area contributed by atoms with E-state index in [0.717, 1.165) is 6.07 Å². The van der Waals surface area contributed by atoms with E-state index in [1.807, 2.05) is 0 Å². The van der Waals surface area contributed by atoms with Crippen LogP contribution in [-0.2, 0) is 14.3 Å². The highest BCUT2D eigenvalue weighted by Gasteiger charge is 2.18. The second-order valence-electron chi connectivity index (χ2n) is 3.86. The first-order valence-electron chi connectivity index (χ1n) is 5.20. The molecule has 1 aromatic carbocycles. The third-order valence-electron chi connectivity index (χ3n) is 2.22. The van der Waals surface area contributed by atoms with Crippen molar-refractivity contribution >= 4 is 10.1 Å². The van der Waals surface area contributed by atoms with E-state index in [0.29, 0.717) is 5.56 Å². The van der Waals surface area contributed by atoms with Crippen molar-refractivity contribution in [1.82, 2.24) is 0 Å². The first kappa shape index (κ1) is 14.0. The third-order valence-corrected chi connectivity index (χ3v) is 3.67. The predicted molar refractivity (Wildman–Crippen MR) is 62.3 cm³/mol. The average molecular weight is 260 g/mol. The maximum atomic E-state index is 11.8. The number of phenols is 1. The zero-order valence-electron chi connectivity index (χ0n) is 9.75. The molecular weight excluding hydrogens is 244 g/mol. The topological polar surface area (TPSA) is 83.8 Å². The van der Waals surface area contributed by atoms with Crippen LogP contribution in [-0.4, -0.2) is 31.3 Å². The zero-order chi connectivity index (χ0) is 13.1. The minimum atomic E-state index is -3.88. The van der Waals surface area contributed by atoms with Crippen LogP contribution < -0.4 is 0 Å². The van der Waals surface area contributed by atoms with E-state index in [-0.39, 0.29) is 23.7 Å². The first-order chi connectivity index (χ1) is 7.83. The lowest BCUT2D eigenvalue weighted by molar-refractivity contribution is 0.157. The summed E-state index contributed by atoms with van der Waals surface area (Å²) in [7, 11) is -3.88. The number of phenolic OH excluding ortho intramolecular Hbond substituents is 1. The molecule has 1 aromatic rings. The fourth-order valence-corrected chi connectivity index (χ4v) is 2.42. The quantitative estimate of drug-likeness (QED) is 0.777. The van der Waals surface area contributed by atoms with Crippen LogP contribution in [0.2, 0.25) is 0 Å². The van der Waals surface area contributed by atoms with Crippen molar-refractivity contribution < 1.29 is 22.8 Å². The molecule has 0 heterocycles. The number of hydrogen-bond donors (Lipinski definition) is 2. The second kappa shape index (κ2) is 5.48. The summed E-state index contributed by atoms with van der Waals surface area (Å²) in [6, 6.07) is 4.05. The highest BCUT2D eigenvalue weighted by Crippen LogP contribution is 2.22. The molecule has 0 aromatic heterocycles. The molecule has 0 bridgehead atoms. The number of aliphatic hydroxyl groups is 1. The van der Waals surface area contributed by atoms with E-state index >= 15 is 0 Å². The number of aliphatic hydroxyl groups excluding tert-OH is 1. The molecule has 1 rings (SSSR count). The normalized spacial score (nSPS) is 13.6. The summed E-state index contributed by atoms with van der Waals surface area (Å²) in [5.74, 6) is -0.131. The molecule has 0 amide bonds. The van der Waals surface area contributed by atoms with Crippen LogP contribution in [0.15, 0.2) is 23.1 Å². The summed E-state index contributed by atoms with van der Waals surface area (Å²) in [4.78, 5) is -0.0527. The molecular formula is C11H16O5S. The summed E-state index contributed by atoms with van der Waals surface area (Å²) in [6.45, 7) is 3.08. The lowest BCUT2D eigenvalue weighted by Crippen LogP contribution is -2.12. The largest absolute Gasteiger partial charge is 0.508 e. The Morgan fingerprint density at radius 3 is 2.65 bits per heavy atom. The summed E-state index contributed by atoms with van der Waals surface area (Å²) in [6.07, 6.45) is -0.382. The SMILES string of the molecule is Cc1ccc(O)cc1S(=O)(=O)OCCC(C)O. The van der Waals surface area contributed by atoms with E-state index < -0.39 is 16.2 Å². The summed E-state index contributed by atoms with van der Waals surface area (Å²) >= 11 is 0.